The topological polar surface area (TPSA) is 34.4 Å². The van der Waals surface area contributed by atoms with Crippen LogP contribution in [0.1, 0.15) is 27.7 Å². The van der Waals surface area contributed by atoms with Crippen molar-refractivity contribution in [1.82, 2.24) is 4.57 Å². The van der Waals surface area contributed by atoms with Gasteiger partial charge < -0.3 is 14.2 Å². The minimum atomic E-state index is -0.859. The van der Waals surface area contributed by atoms with Gasteiger partial charge in [-0.2, -0.15) is 0 Å². The first-order valence-corrected chi connectivity index (χ1v) is 5.31. The summed E-state index contributed by atoms with van der Waals surface area (Å²) in [6, 6.07) is 3.76. The summed E-state index contributed by atoms with van der Waals surface area (Å²) in [5, 5.41) is 9.93. The number of rotatable bonds is 4. The lowest BCUT2D eigenvalue weighted by Crippen LogP contribution is -2.46. The number of hydrogen-bond donors (Lipinski definition) is 1. The lowest BCUT2D eigenvalue weighted by atomic mass is 9.81. The molecular weight excluding hydrogens is 189 g/mol. The van der Waals surface area contributed by atoms with Crippen LogP contribution in [0.4, 0.5) is 0 Å². The molecular formula is C11H20BNO2. The zero-order valence-corrected chi connectivity index (χ0v) is 10.2. The fourth-order valence-corrected chi connectivity index (χ4v) is 1.22. The Hall–Kier alpha value is -0.735. The molecule has 0 amide bonds. The maximum atomic E-state index is 9.93. The zero-order valence-electron chi connectivity index (χ0n) is 10.2. The first-order chi connectivity index (χ1) is 6.84. The molecule has 0 aliphatic carbocycles. The maximum absolute atomic E-state index is 9.93. The van der Waals surface area contributed by atoms with Crippen LogP contribution in [-0.2, 0) is 11.7 Å². The van der Waals surface area contributed by atoms with Gasteiger partial charge in [0.25, 0.3) is 0 Å². The molecule has 0 aliphatic rings. The second-order valence-corrected chi connectivity index (χ2v) is 4.77. The number of aryl methyl sites for hydroxylation is 1. The van der Waals surface area contributed by atoms with Crippen LogP contribution in [0.3, 0.4) is 0 Å². The standard InChI is InChI=1S/C11H20BNO2/c1-9(2)11(3,4)15-12(14)10-7-6-8-13(10)5/h6-9,14H,1-5H3. The van der Waals surface area contributed by atoms with Crippen LogP contribution in [0, 0.1) is 5.92 Å². The molecule has 4 heteroatoms. The molecule has 1 N–H and O–H groups in total. The summed E-state index contributed by atoms with van der Waals surface area (Å²) in [6.45, 7) is 8.14. The average Bonchev–Trinajstić information content (AvgIpc) is 2.50. The highest BCUT2D eigenvalue weighted by Crippen LogP contribution is 2.20. The van der Waals surface area contributed by atoms with E-state index in [-0.39, 0.29) is 5.60 Å². The molecule has 0 atom stereocenters. The summed E-state index contributed by atoms with van der Waals surface area (Å²) in [5.41, 5.74) is 0.452. The second-order valence-electron chi connectivity index (χ2n) is 4.77. The normalized spacial score (nSPS) is 12.2. The van der Waals surface area contributed by atoms with Crippen molar-refractivity contribution < 1.29 is 9.68 Å². The van der Waals surface area contributed by atoms with Gasteiger partial charge in [0, 0.05) is 18.8 Å². The van der Waals surface area contributed by atoms with E-state index in [0.717, 1.165) is 5.59 Å². The molecule has 0 bridgehead atoms. The van der Waals surface area contributed by atoms with Gasteiger partial charge in [0.1, 0.15) is 0 Å². The number of nitrogens with zero attached hydrogens (tertiary/aromatic N) is 1. The molecule has 0 aromatic carbocycles. The fourth-order valence-electron chi connectivity index (χ4n) is 1.22. The lowest BCUT2D eigenvalue weighted by molar-refractivity contribution is 0.0419. The molecule has 0 aliphatic heterocycles. The van der Waals surface area contributed by atoms with Crippen LogP contribution in [0.5, 0.6) is 0 Å². The first kappa shape index (κ1) is 12.3. The van der Waals surface area contributed by atoms with Gasteiger partial charge in [-0.15, -0.1) is 0 Å². The quantitative estimate of drug-likeness (QED) is 0.755. The molecule has 15 heavy (non-hydrogen) atoms. The SMILES string of the molecule is CC(C)C(C)(C)OB(O)c1cccn1C. The summed E-state index contributed by atoms with van der Waals surface area (Å²) >= 11 is 0. The Labute approximate surface area is 92.2 Å². The van der Waals surface area contributed by atoms with Crippen LogP contribution in [-0.4, -0.2) is 22.3 Å². The van der Waals surface area contributed by atoms with Crippen LogP contribution < -0.4 is 5.59 Å². The van der Waals surface area contributed by atoms with Crippen LogP contribution in [0.25, 0.3) is 0 Å². The predicted molar refractivity (Wildman–Crippen MR) is 63.0 cm³/mol. The zero-order chi connectivity index (χ0) is 11.6. The Kier molecular flexibility index (Phi) is 3.63. The van der Waals surface area contributed by atoms with Crippen molar-refractivity contribution in [2.24, 2.45) is 13.0 Å². The summed E-state index contributed by atoms with van der Waals surface area (Å²) in [4.78, 5) is 0. The predicted octanol–water partition coefficient (Wildman–Crippen LogP) is 1.16. The van der Waals surface area contributed by atoms with Crippen LogP contribution in [0.15, 0.2) is 18.3 Å². The molecule has 0 unspecified atom stereocenters. The Balaban J connectivity index is 2.72. The number of aromatic nitrogens is 1. The molecule has 1 rings (SSSR count). The lowest BCUT2D eigenvalue weighted by Gasteiger charge is -2.31. The first-order valence-electron chi connectivity index (χ1n) is 5.31. The molecule has 1 heterocycles. The molecule has 3 nitrogen and oxygen atoms in total. The molecule has 0 spiro atoms. The Morgan fingerprint density at radius 3 is 2.47 bits per heavy atom. The van der Waals surface area contributed by atoms with Crippen molar-refractivity contribution in [1.29, 1.82) is 0 Å². The van der Waals surface area contributed by atoms with E-state index in [1.807, 2.05) is 43.8 Å². The van der Waals surface area contributed by atoms with Crippen molar-refractivity contribution in [3.8, 4) is 0 Å². The van der Waals surface area contributed by atoms with Gasteiger partial charge in [0.05, 0.1) is 5.60 Å². The van der Waals surface area contributed by atoms with E-state index in [0.29, 0.717) is 5.92 Å². The summed E-state index contributed by atoms with van der Waals surface area (Å²) in [7, 11) is 1.03. The van der Waals surface area contributed by atoms with Gasteiger partial charge in [0.2, 0.25) is 0 Å². The highest BCUT2D eigenvalue weighted by molar-refractivity contribution is 6.59. The van der Waals surface area contributed by atoms with Gasteiger partial charge in [-0.25, -0.2) is 0 Å². The molecule has 0 radical (unpaired) electrons. The third kappa shape index (κ3) is 2.86. The maximum Gasteiger partial charge on any atom is 0.509 e. The van der Waals surface area contributed by atoms with Gasteiger partial charge in [-0.1, -0.05) is 13.8 Å². The van der Waals surface area contributed by atoms with E-state index in [4.69, 9.17) is 4.65 Å². The van der Waals surface area contributed by atoms with Gasteiger partial charge in [-0.3, -0.25) is 0 Å². The van der Waals surface area contributed by atoms with Crippen molar-refractivity contribution in [2.45, 2.75) is 33.3 Å². The van der Waals surface area contributed by atoms with Crippen molar-refractivity contribution in [3.63, 3.8) is 0 Å². The van der Waals surface area contributed by atoms with Crippen molar-refractivity contribution >= 4 is 12.7 Å². The molecule has 1 aromatic rings. The fraction of sp³-hybridized carbons (Fsp3) is 0.636. The van der Waals surface area contributed by atoms with E-state index in [1.54, 1.807) is 0 Å². The smallest absolute Gasteiger partial charge is 0.422 e. The third-order valence-electron chi connectivity index (χ3n) is 3.04. The van der Waals surface area contributed by atoms with Gasteiger partial charge in [-0.05, 0) is 31.9 Å². The minimum absolute atomic E-state index is 0.330. The highest BCUT2D eigenvalue weighted by Gasteiger charge is 2.31. The van der Waals surface area contributed by atoms with E-state index < -0.39 is 7.12 Å². The van der Waals surface area contributed by atoms with Crippen molar-refractivity contribution in [2.75, 3.05) is 0 Å². The summed E-state index contributed by atoms with van der Waals surface area (Å²) in [6.07, 6.45) is 1.89. The van der Waals surface area contributed by atoms with Crippen molar-refractivity contribution in [3.05, 3.63) is 18.3 Å². The summed E-state index contributed by atoms with van der Waals surface area (Å²) in [5.74, 6) is 0.354. The minimum Gasteiger partial charge on any atom is -0.422 e. The highest BCUT2D eigenvalue weighted by atomic mass is 16.5. The Bertz CT molecular complexity index is 320. The Morgan fingerprint density at radius 2 is 2.07 bits per heavy atom. The van der Waals surface area contributed by atoms with Gasteiger partial charge in [0.15, 0.2) is 0 Å². The molecule has 0 saturated carbocycles. The van der Waals surface area contributed by atoms with E-state index in [9.17, 15) is 5.02 Å². The second kappa shape index (κ2) is 4.41. The molecule has 0 fully saturated rings. The number of hydrogen-bond acceptors (Lipinski definition) is 2. The van der Waals surface area contributed by atoms with E-state index in [2.05, 4.69) is 13.8 Å². The molecule has 1 aromatic heterocycles. The largest absolute Gasteiger partial charge is 0.509 e. The van der Waals surface area contributed by atoms with Crippen LogP contribution >= 0.6 is 0 Å². The molecule has 84 valence electrons. The van der Waals surface area contributed by atoms with Crippen LogP contribution in [0.2, 0.25) is 0 Å². The van der Waals surface area contributed by atoms with E-state index in [1.165, 1.54) is 0 Å². The Morgan fingerprint density at radius 1 is 1.47 bits per heavy atom. The van der Waals surface area contributed by atoms with E-state index >= 15 is 0 Å². The monoisotopic (exact) mass is 209 g/mol. The summed E-state index contributed by atoms with van der Waals surface area (Å²) < 4.78 is 7.52. The molecule has 0 saturated heterocycles. The van der Waals surface area contributed by atoms with Gasteiger partial charge >= 0.3 is 7.12 Å². The third-order valence-corrected chi connectivity index (χ3v) is 3.04. The average molecular weight is 209 g/mol.